The zero-order valence-corrected chi connectivity index (χ0v) is 10.0. The third kappa shape index (κ3) is 2.07. The molecule has 0 N–H and O–H groups in total. The Labute approximate surface area is 98.9 Å². The van der Waals surface area contributed by atoms with Crippen LogP contribution in [-0.4, -0.2) is 9.78 Å². The summed E-state index contributed by atoms with van der Waals surface area (Å²) >= 11 is 0. The first-order valence-corrected chi connectivity index (χ1v) is 5.48. The molecule has 4 heteroatoms. The van der Waals surface area contributed by atoms with Gasteiger partial charge in [0.2, 0.25) is 0 Å². The lowest BCUT2D eigenvalue weighted by Crippen LogP contribution is -2.00. The van der Waals surface area contributed by atoms with Gasteiger partial charge in [-0.15, -0.1) is 0 Å². The van der Waals surface area contributed by atoms with Crippen molar-refractivity contribution in [1.29, 1.82) is 0 Å². The molecule has 0 saturated heterocycles. The largest absolute Gasteiger partial charge is 0.268 e. The maximum Gasteiger partial charge on any atom is 0.133 e. The van der Waals surface area contributed by atoms with E-state index in [-0.39, 0.29) is 17.3 Å². The highest BCUT2D eigenvalue weighted by molar-refractivity contribution is 5.61. The smallest absolute Gasteiger partial charge is 0.133 e. The van der Waals surface area contributed by atoms with Crippen LogP contribution in [0, 0.1) is 11.6 Å². The molecule has 1 aromatic carbocycles. The maximum absolute atomic E-state index is 13.9. The quantitative estimate of drug-likeness (QED) is 0.780. The number of halogens is 2. The van der Waals surface area contributed by atoms with Crippen molar-refractivity contribution in [2.24, 2.45) is 7.05 Å². The van der Waals surface area contributed by atoms with E-state index in [9.17, 15) is 8.78 Å². The number of aryl methyl sites for hydroxylation is 1. The molecule has 2 aromatic rings. The molecular formula is C13H14F2N2. The van der Waals surface area contributed by atoms with Crippen LogP contribution in [0.15, 0.2) is 24.4 Å². The van der Waals surface area contributed by atoms with Gasteiger partial charge in [0.1, 0.15) is 11.6 Å². The molecule has 1 heterocycles. The molecule has 0 aliphatic carbocycles. The molecule has 0 unspecified atom stereocenters. The van der Waals surface area contributed by atoms with E-state index in [2.05, 4.69) is 5.10 Å². The van der Waals surface area contributed by atoms with Gasteiger partial charge in [0.15, 0.2) is 0 Å². The highest BCUT2D eigenvalue weighted by Gasteiger charge is 2.15. The number of hydrogen-bond acceptors (Lipinski definition) is 1. The molecule has 17 heavy (non-hydrogen) atoms. The van der Waals surface area contributed by atoms with Crippen molar-refractivity contribution >= 4 is 0 Å². The zero-order valence-electron chi connectivity index (χ0n) is 10.0. The van der Waals surface area contributed by atoms with Crippen molar-refractivity contribution < 1.29 is 8.78 Å². The topological polar surface area (TPSA) is 17.8 Å². The fraction of sp³-hybridized carbons (Fsp3) is 0.308. The van der Waals surface area contributed by atoms with Crippen LogP contribution in [0.25, 0.3) is 11.3 Å². The first-order valence-electron chi connectivity index (χ1n) is 5.48. The monoisotopic (exact) mass is 236 g/mol. The molecule has 0 spiro atoms. The van der Waals surface area contributed by atoms with Gasteiger partial charge in [0, 0.05) is 18.8 Å². The van der Waals surface area contributed by atoms with Crippen LogP contribution in [0.2, 0.25) is 0 Å². The fourth-order valence-corrected chi connectivity index (χ4v) is 1.84. The Balaban J connectivity index is 2.58. The van der Waals surface area contributed by atoms with Crippen LogP contribution in [0.4, 0.5) is 8.78 Å². The predicted octanol–water partition coefficient (Wildman–Crippen LogP) is 3.49. The standard InChI is InChI=1S/C13H14F2N2/c1-8(2)9-6-12(15)10(7-11(9)14)13-4-5-16-17(13)3/h4-8H,1-3H3. The fourth-order valence-electron chi connectivity index (χ4n) is 1.84. The van der Waals surface area contributed by atoms with E-state index >= 15 is 0 Å². The van der Waals surface area contributed by atoms with Gasteiger partial charge >= 0.3 is 0 Å². The molecule has 2 rings (SSSR count). The van der Waals surface area contributed by atoms with Gasteiger partial charge in [0.25, 0.3) is 0 Å². The van der Waals surface area contributed by atoms with Gasteiger partial charge in [-0.3, -0.25) is 4.68 Å². The summed E-state index contributed by atoms with van der Waals surface area (Å²) < 4.78 is 29.3. The van der Waals surface area contributed by atoms with E-state index in [0.29, 0.717) is 11.3 Å². The van der Waals surface area contributed by atoms with Gasteiger partial charge in [-0.1, -0.05) is 13.8 Å². The summed E-state index contributed by atoms with van der Waals surface area (Å²) in [4.78, 5) is 0. The van der Waals surface area contributed by atoms with Crippen LogP contribution in [0.1, 0.15) is 25.3 Å². The Morgan fingerprint density at radius 3 is 2.41 bits per heavy atom. The number of hydrogen-bond donors (Lipinski definition) is 0. The normalized spacial score (nSPS) is 11.2. The van der Waals surface area contributed by atoms with Crippen LogP contribution < -0.4 is 0 Å². The number of aromatic nitrogens is 2. The first kappa shape index (κ1) is 11.8. The predicted molar refractivity (Wildman–Crippen MR) is 62.6 cm³/mol. The number of nitrogens with zero attached hydrogens (tertiary/aromatic N) is 2. The van der Waals surface area contributed by atoms with Crippen LogP contribution in [-0.2, 0) is 7.05 Å². The second-order valence-corrected chi connectivity index (χ2v) is 4.35. The summed E-state index contributed by atoms with van der Waals surface area (Å²) in [5, 5.41) is 3.95. The highest BCUT2D eigenvalue weighted by atomic mass is 19.1. The molecule has 0 atom stereocenters. The van der Waals surface area contributed by atoms with Crippen molar-refractivity contribution in [2.75, 3.05) is 0 Å². The second-order valence-electron chi connectivity index (χ2n) is 4.35. The summed E-state index contributed by atoms with van der Waals surface area (Å²) in [6.07, 6.45) is 1.56. The average molecular weight is 236 g/mol. The summed E-state index contributed by atoms with van der Waals surface area (Å²) in [6, 6.07) is 4.16. The Bertz CT molecular complexity index is 544. The average Bonchev–Trinajstić information content (AvgIpc) is 2.67. The molecule has 0 aliphatic rings. The molecule has 0 bridgehead atoms. The van der Waals surface area contributed by atoms with Crippen molar-refractivity contribution in [3.63, 3.8) is 0 Å². The summed E-state index contributed by atoms with van der Waals surface area (Å²) in [5.74, 6) is -0.832. The van der Waals surface area contributed by atoms with Crippen molar-refractivity contribution in [3.05, 3.63) is 41.6 Å². The molecule has 0 saturated carbocycles. The third-order valence-corrected chi connectivity index (χ3v) is 2.81. The van der Waals surface area contributed by atoms with Gasteiger partial charge in [0.05, 0.1) is 5.69 Å². The molecular weight excluding hydrogens is 222 g/mol. The highest BCUT2D eigenvalue weighted by Crippen LogP contribution is 2.28. The molecule has 2 nitrogen and oxygen atoms in total. The Morgan fingerprint density at radius 2 is 1.88 bits per heavy atom. The molecule has 0 aliphatic heterocycles. The lowest BCUT2D eigenvalue weighted by molar-refractivity contribution is 0.576. The van der Waals surface area contributed by atoms with Gasteiger partial charge < -0.3 is 0 Å². The van der Waals surface area contributed by atoms with Gasteiger partial charge in [-0.25, -0.2) is 8.78 Å². The molecule has 1 aromatic heterocycles. The summed E-state index contributed by atoms with van der Waals surface area (Å²) in [7, 11) is 1.70. The minimum absolute atomic E-state index is 0.0370. The first-order chi connectivity index (χ1) is 8.00. The zero-order chi connectivity index (χ0) is 12.6. The lowest BCUT2D eigenvalue weighted by atomic mass is 9.99. The van der Waals surface area contributed by atoms with Gasteiger partial charge in [-0.2, -0.15) is 5.10 Å². The Morgan fingerprint density at radius 1 is 1.18 bits per heavy atom. The van der Waals surface area contributed by atoms with E-state index < -0.39 is 5.82 Å². The third-order valence-electron chi connectivity index (χ3n) is 2.81. The molecule has 0 fully saturated rings. The van der Waals surface area contributed by atoms with Crippen molar-refractivity contribution in [1.82, 2.24) is 9.78 Å². The SMILES string of the molecule is CC(C)c1cc(F)c(-c2ccnn2C)cc1F. The van der Waals surface area contributed by atoms with E-state index in [1.807, 2.05) is 13.8 Å². The summed E-state index contributed by atoms with van der Waals surface area (Å²) in [5.41, 5.74) is 1.21. The van der Waals surface area contributed by atoms with E-state index in [1.54, 1.807) is 19.3 Å². The van der Waals surface area contributed by atoms with E-state index in [1.165, 1.54) is 16.8 Å². The lowest BCUT2D eigenvalue weighted by Gasteiger charge is -2.10. The van der Waals surface area contributed by atoms with Crippen LogP contribution in [0.5, 0.6) is 0 Å². The van der Waals surface area contributed by atoms with Gasteiger partial charge in [-0.05, 0) is 29.7 Å². The molecule has 0 amide bonds. The van der Waals surface area contributed by atoms with Crippen molar-refractivity contribution in [3.8, 4) is 11.3 Å². The van der Waals surface area contributed by atoms with Crippen LogP contribution >= 0.6 is 0 Å². The van der Waals surface area contributed by atoms with E-state index in [4.69, 9.17) is 0 Å². The van der Waals surface area contributed by atoms with E-state index in [0.717, 1.165) is 0 Å². The molecule has 0 radical (unpaired) electrons. The van der Waals surface area contributed by atoms with Crippen molar-refractivity contribution in [2.45, 2.75) is 19.8 Å². The Kier molecular flexibility index (Phi) is 2.96. The number of rotatable bonds is 2. The minimum Gasteiger partial charge on any atom is -0.268 e. The second kappa shape index (κ2) is 4.28. The summed E-state index contributed by atoms with van der Waals surface area (Å²) in [6.45, 7) is 3.67. The molecule has 90 valence electrons. The minimum atomic E-state index is -0.418. The number of benzene rings is 1. The Hall–Kier alpha value is -1.71. The van der Waals surface area contributed by atoms with Crippen LogP contribution in [0.3, 0.4) is 0 Å². The maximum atomic E-state index is 13.9.